The summed E-state index contributed by atoms with van der Waals surface area (Å²) in [5.41, 5.74) is 5.40. The molecule has 0 saturated heterocycles. The summed E-state index contributed by atoms with van der Waals surface area (Å²) in [7, 11) is 1.89. The number of esters is 1. The summed E-state index contributed by atoms with van der Waals surface area (Å²) in [6.45, 7) is 7.53. The number of nitrogens with one attached hydrogen (secondary N) is 1. The van der Waals surface area contributed by atoms with Crippen molar-refractivity contribution in [2.75, 3.05) is 26.4 Å². The fourth-order valence-electron chi connectivity index (χ4n) is 5.69. The van der Waals surface area contributed by atoms with Crippen molar-refractivity contribution in [2.24, 2.45) is 13.0 Å². The van der Waals surface area contributed by atoms with E-state index in [4.69, 9.17) is 30.9 Å². The Bertz CT molecular complexity index is 1750. The molecule has 0 fully saturated rings. The van der Waals surface area contributed by atoms with E-state index in [2.05, 4.69) is 23.2 Å². The van der Waals surface area contributed by atoms with Gasteiger partial charge < -0.3 is 24.3 Å². The fraction of sp³-hybridized carbons (Fsp3) is 0.371. The predicted molar refractivity (Wildman–Crippen MR) is 174 cm³/mol. The number of nitrogens with zero attached hydrogens (tertiary/aromatic N) is 2. The molecule has 5 rings (SSSR count). The second-order valence-corrected chi connectivity index (χ2v) is 11.5. The number of aliphatic hydroxyl groups excluding tert-OH is 1. The number of hydrogen-bond acceptors (Lipinski definition) is 6. The van der Waals surface area contributed by atoms with Gasteiger partial charge in [-0.1, -0.05) is 61.0 Å². The molecule has 0 bridgehead atoms. The van der Waals surface area contributed by atoms with Crippen LogP contribution in [0.15, 0.2) is 54.6 Å². The van der Waals surface area contributed by atoms with Crippen LogP contribution in [0.3, 0.4) is 0 Å². The van der Waals surface area contributed by atoms with E-state index < -0.39 is 5.97 Å². The van der Waals surface area contributed by atoms with Gasteiger partial charge in [0.25, 0.3) is 0 Å². The predicted octanol–water partition coefficient (Wildman–Crippen LogP) is 7.41. The molecule has 2 aromatic heterocycles. The normalized spacial score (nSPS) is 12.2. The van der Waals surface area contributed by atoms with E-state index in [-0.39, 0.29) is 19.1 Å². The Kier molecular flexibility index (Phi) is 10.3. The van der Waals surface area contributed by atoms with Crippen molar-refractivity contribution < 1.29 is 24.1 Å². The average Bonchev–Trinajstić information content (AvgIpc) is 3.52. The first-order valence-corrected chi connectivity index (χ1v) is 15.5. The van der Waals surface area contributed by atoms with Crippen LogP contribution in [0, 0.1) is 12.8 Å². The SMILES string of the molecule is CCOC(=O)c1[nH]c2c(-c3c(COCC(C)CCO)nn(C)c3C)c(Cl)ccc2c1CCCOc1cccc2ccccc12. The maximum Gasteiger partial charge on any atom is 0.355 e. The third-order valence-corrected chi connectivity index (χ3v) is 8.32. The van der Waals surface area contributed by atoms with Crippen LogP contribution in [-0.2, 0) is 29.5 Å². The number of aromatic nitrogens is 3. The molecule has 1 atom stereocenters. The number of H-pyrrole nitrogens is 1. The Morgan fingerprint density at radius 1 is 1.09 bits per heavy atom. The van der Waals surface area contributed by atoms with Gasteiger partial charge in [-0.25, -0.2) is 4.79 Å². The Hall–Kier alpha value is -3.85. The van der Waals surface area contributed by atoms with E-state index in [1.807, 2.05) is 62.0 Å². The van der Waals surface area contributed by atoms with E-state index in [0.29, 0.717) is 49.8 Å². The topological polar surface area (TPSA) is 98.6 Å². The minimum atomic E-state index is -0.403. The number of halogens is 1. The van der Waals surface area contributed by atoms with Gasteiger partial charge in [-0.2, -0.15) is 5.10 Å². The zero-order valence-corrected chi connectivity index (χ0v) is 26.5. The summed E-state index contributed by atoms with van der Waals surface area (Å²) >= 11 is 6.90. The molecule has 0 aliphatic heterocycles. The zero-order chi connectivity index (χ0) is 31.2. The molecule has 0 aliphatic rings. The fourth-order valence-corrected chi connectivity index (χ4v) is 5.94. The quantitative estimate of drug-likeness (QED) is 0.0995. The number of carbonyl (C=O) groups excluding carboxylic acids is 1. The van der Waals surface area contributed by atoms with Crippen LogP contribution >= 0.6 is 11.6 Å². The highest BCUT2D eigenvalue weighted by Gasteiger charge is 2.25. The third-order valence-electron chi connectivity index (χ3n) is 8.01. The summed E-state index contributed by atoms with van der Waals surface area (Å²) in [5, 5.41) is 17.6. The molecule has 8 nitrogen and oxygen atoms in total. The molecule has 0 aliphatic carbocycles. The molecule has 5 aromatic rings. The van der Waals surface area contributed by atoms with Crippen molar-refractivity contribution in [3.05, 3.63) is 82.3 Å². The van der Waals surface area contributed by atoms with Gasteiger partial charge in [0.05, 0.1) is 36.1 Å². The monoisotopic (exact) mass is 617 g/mol. The van der Waals surface area contributed by atoms with Crippen molar-refractivity contribution in [1.82, 2.24) is 14.8 Å². The standard InChI is InChI=1S/C35H40ClN3O5/c1-5-43-35(41)34-26(13-9-19-44-30-14-8-11-24-10-6-7-12-25(24)30)27-15-16-28(36)32(33(27)37-34)31-23(3)39(4)38-29(31)21-42-20-22(2)17-18-40/h6-8,10-12,14-16,22,37,40H,5,9,13,17-21H2,1-4H3. The number of aryl methyl sites for hydroxylation is 2. The number of ether oxygens (including phenoxy) is 3. The van der Waals surface area contributed by atoms with Gasteiger partial charge in [0.15, 0.2) is 0 Å². The molecule has 44 heavy (non-hydrogen) atoms. The van der Waals surface area contributed by atoms with Crippen molar-refractivity contribution in [1.29, 1.82) is 0 Å². The Balaban J connectivity index is 1.47. The lowest BCUT2D eigenvalue weighted by molar-refractivity contribution is 0.0519. The Labute approximate surface area is 262 Å². The highest BCUT2D eigenvalue weighted by Crippen LogP contribution is 2.41. The van der Waals surface area contributed by atoms with E-state index >= 15 is 0 Å². The van der Waals surface area contributed by atoms with Crippen molar-refractivity contribution in [3.8, 4) is 16.9 Å². The maximum atomic E-state index is 13.2. The Morgan fingerprint density at radius 2 is 1.89 bits per heavy atom. The van der Waals surface area contributed by atoms with E-state index in [0.717, 1.165) is 55.5 Å². The molecule has 0 radical (unpaired) electrons. The van der Waals surface area contributed by atoms with Crippen LogP contribution in [0.1, 0.15) is 54.1 Å². The second kappa shape index (κ2) is 14.3. The molecule has 2 heterocycles. The van der Waals surface area contributed by atoms with E-state index in [1.165, 1.54) is 0 Å². The number of aromatic amines is 1. The van der Waals surface area contributed by atoms with Gasteiger partial charge in [-0.05, 0) is 62.1 Å². The molecule has 232 valence electrons. The summed E-state index contributed by atoms with van der Waals surface area (Å²) < 4.78 is 19.5. The molecule has 1 unspecified atom stereocenters. The number of fused-ring (bicyclic) bond motifs is 2. The minimum absolute atomic E-state index is 0.128. The van der Waals surface area contributed by atoms with Gasteiger partial charge in [-0.3, -0.25) is 4.68 Å². The lowest BCUT2D eigenvalue weighted by Gasteiger charge is -2.12. The van der Waals surface area contributed by atoms with E-state index in [1.54, 1.807) is 6.92 Å². The maximum absolute atomic E-state index is 13.2. The van der Waals surface area contributed by atoms with Gasteiger partial charge in [0.1, 0.15) is 11.4 Å². The van der Waals surface area contributed by atoms with Crippen LogP contribution in [0.25, 0.3) is 32.8 Å². The summed E-state index contributed by atoms with van der Waals surface area (Å²) in [4.78, 5) is 16.6. The molecular formula is C35H40ClN3O5. The van der Waals surface area contributed by atoms with Crippen LogP contribution < -0.4 is 4.74 Å². The average molecular weight is 618 g/mol. The van der Waals surface area contributed by atoms with Crippen molar-refractivity contribution in [2.45, 2.75) is 46.6 Å². The highest BCUT2D eigenvalue weighted by molar-refractivity contribution is 6.35. The van der Waals surface area contributed by atoms with E-state index in [9.17, 15) is 9.90 Å². The zero-order valence-electron chi connectivity index (χ0n) is 25.8. The first kappa shape index (κ1) is 31.6. The number of aliphatic hydroxyl groups is 1. The number of rotatable bonds is 14. The van der Waals surface area contributed by atoms with Gasteiger partial charge in [-0.15, -0.1) is 0 Å². The first-order valence-electron chi connectivity index (χ1n) is 15.2. The second-order valence-electron chi connectivity index (χ2n) is 11.1. The van der Waals surface area contributed by atoms with Crippen LogP contribution in [0.2, 0.25) is 5.02 Å². The van der Waals surface area contributed by atoms with Gasteiger partial charge in [0.2, 0.25) is 0 Å². The number of benzene rings is 3. The Morgan fingerprint density at radius 3 is 2.68 bits per heavy atom. The molecule has 0 spiro atoms. The smallest absolute Gasteiger partial charge is 0.355 e. The van der Waals surface area contributed by atoms with Gasteiger partial charge in [0, 0.05) is 47.9 Å². The summed E-state index contributed by atoms with van der Waals surface area (Å²) in [6.07, 6.45) is 1.97. The lowest BCUT2D eigenvalue weighted by atomic mass is 9.98. The molecule has 0 saturated carbocycles. The molecule has 0 amide bonds. The molecular weight excluding hydrogens is 578 g/mol. The van der Waals surface area contributed by atoms with Crippen molar-refractivity contribution in [3.63, 3.8) is 0 Å². The number of carbonyl (C=O) groups is 1. The number of hydrogen-bond donors (Lipinski definition) is 2. The minimum Gasteiger partial charge on any atom is -0.493 e. The highest BCUT2D eigenvalue weighted by atomic mass is 35.5. The molecule has 2 N–H and O–H groups in total. The summed E-state index contributed by atoms with van der Waals surface area (Å²) in [6, 6.07) is 18.0. The van der Waals surface area contributed by atoms with Gasteiger partial charge >= 0.3 is 5.97 Å². The molecule has 3 aromatic carbocycles. The molecule has 9 heteroatoms. The lowest BCUT2D eigenvalue weighted by Crippen LogP contribution is -2.09. The van der Waals surface area contributed by atoms with Crippen LogP contribution in [0.5, 0.6) is 5.75 Å². The van der Waals surface area contributed by atoms with Crippen LogP contribution in [0.4, 0.5) is 0 Å². The largest absolute Gasteiger partial charge is 0.493 e. The first-order chi connectivity index (χ1) is 21.3. The van der Waals surface area contributed by atoms with Crippen LogP contribution in [-0.4, -0.2) is 52.3 Å². The third kappa shape index (κ3) is 6.62. The van der Waals surface area contributed by atoms with Crippen molar-refractivity contribution >= 4 is 39.2 Å². The summed E-state index contributed by atoms with van der Waals surface area (Å²) in [5.74, 6) is 0.664.